The maximum atomic E-state index is 13.0. The first kappa shape index (κ1) is 25.2. The molecule has 0 aromatic heterocycles. The molecule has 3 rings (SSSR count). The molecule has 182 valence electrons. The Morgan fingerprint density at radius 3 is 1.97 bits per heavy atom. The van der Waals surface area contributed by atoms with E-state index in [0.29, 0.717) is 0 Å². The van der Waals surface area contributed by atoms with Crippen molar-refractivity contribution in [3.05, 3.63) is 59.7 Å². The number of methoxy groups -OCH3 is 1. The Kier molecular flexibility index (Phi) is 7.31. The maximum Gasteiger partial charge on any atom is 0.407 e. The van der Waals surface area contributed by atoms with Crippen LogP contribution in [0.5, 0.6) is 0 Å². The number of carboxylic acids is 1. The van der Waals surface area contributed by atoms with Crippen LogP contribution in [0.15, 0.2) is 48.5 Å². The first-order chi connectivity index (χ1) is 16.0. The van der Waals surface area contributed by atoms with Crippen LogP contribution in [-0.2, 0) is 19.1 Å². The Labute approximate surface area is 199 Å². The van der Waals surface area contributed by atoms with Gasteiger partial charge in [-0.15, -0.1) is 0 Å². The molecule has 8 nitrogen and oxygen atoms in total. The first-order valence-corrected chi connectivity index (χ1v) is 11.1. The van der Waals surface area contributed by atoms with Crippen molar-refractivity contribution >= 4 is 18.0 Å². The lowest BCUT2D eigenvalue weighted by atomic mass is 9.85. The average Bonchev–Trinajstić information content (AvgIpc) is 3.09. The van der Waals surface area contributed by atoms with Gasteiger partial charge in [0.15, 0.2) is 5.54 Å². The van der Waals surface area contributed by atoms with Gasteiger partial charge in [-0.25, -0.2) is 9.59 Å². The number of alkyl carbamates (subject to hydrolysis) is 1. The van der Waals surface area contributed by atoms with E-state index in [4.69, 9.17) is 9.47 Å². The molecule has 0 saturated carbocycles. The van der Waals surface area contributed by atoms with Gasteiger partial charge in [-0.2, -0.15) is 0 Å². The molecular formula is C26H32N2O6. The van der Waals surface area contributed by atoms with Gasteiger partial charge in [0.2, 0.25) is 5.91 Å². The van der Waals surface area contributed by atoms with E-state index < -0.39 is 35.0 Å². The third-order valence-corrected chi connectivity index (χ3v) is 6.04. The highest BCUT2D eigenvalue weighted by Gasteiger charge is 2.41. The molecule has 2 amide bonds. The van der Waals surface area contributed by atoms with Gasteiger partial charge in [-0.3, -0.25) is 4.79 Å². The molecule has 0 saturated heterocycles. The summed E-state index contributed by atoms with van der Waals surface area (Å²) < 4.78 is 10.5. The van der Waals surface area contributed by atoms with Gasteiger partial charge < -0.3 is 25.2 Å². The quantitative estimate of drug-likeness (QED) is 0.546. The molecule has 0 fully saturated rings. The molecule has 0 bridgehead atoms. The second kappa shape index (κ2) is 9.85. The van der Waals surface area contributed by atoms with Crippen LogP contribution in [0.1, 0.15) is 44.7 Å². The predicted molar refractivity (Wildman–Crippen MR) is 128 cm³/mol. The molecule has 0 radical (unpaired) electrons. The highest BCUT2D eigenvalue weighted by molar-refractivity contribution is 5.91. The molecule has 34 heavy (non-hydrogen) atoms. The molecule has 0 spiro atoms. The van der Waals surface area contributed by atoms with Crippen molar-refractivity contribution in [3.63, 3.8) is 0 Å². The van der Waals surface area contributed by atoms with E-state index in [2.05, 4.69) is 10.6 Å². The Hall–Kier alpha value is -3.39. The van der Waals surface area contributed by atoms with Crippen molar-refractivity contribution < 1.29 is 29.0 Å². The Bertz CT molecular complexity index is 1030. The number of hydrogen-bond donors (Lipinski definition) is 3. The van der Waals surface area contributed by atoms with Crippen molar-refractivity contribution in [3.8, 4) is 11.1 Å². The summed E-state index contributed by atoms with van der Waals surface area (Å²) in [5.74, 6) is -1.99. The summed E-state index contributed by atoms with van der Waals surface area (Å²) in [6.45, 7) is 6.55. The number of aliphatic carboxylic acids is 1. The summed E-state index contributed by atoms with van der Waals surface area (Å²) in [4.78, 5) is 37.4. The standard InChI is InChI=1S/C26H32N2O6/c1-25(2,3)21(22(29)28-26(4,15-33-5)23(30)31)27-24(32)34-14-20-18-12-8-6-10-16(18)17-11-7-9-13-19(17)20/h6-13,20-21H,14-15H2,1-5H3,(H,27,32)(H,28,29)(H,30,31)/t21-,26?/m1/s1. The highest BCUT2D eigenvalue weighted by Crippen LogP contribution is 2.44. The minimum absolute atomic E-state index is 0.106. The third kappa shape index (κ3) is 5.22. The SMILES string of the molecule is COCC(C)(NC(=O)[C@@H](NC(=O)OCC1c2ccccc2-c2ccccc21)C(C)(C)C)C(=O)O. The predicted octanol–water partition coefficient (Wildman–Crippen LogP) is 3.55. The fourth-order valence-corrected chi connectivity index (χ4v) is 4.22. The number of rotatable bonds is 8. The monoisotopic (exact) mass is 468 g/mol. The number of amides is 2. The summed E-state index contributed by atoms with van der Waals surface area (Å²) in [5.41, 5.74) is 2.05. The topological polar surface area (TPSA) is 114 Å². The number of ether oxygens (including phenoxy) is 2. The van der Waals surface area contributed by atoms with Crippen molar-refractivity contribution in [2.75, 3.05) is 20.3 Å². The lowest BCUT2D eigenvalue weighted by molar-refractivity contribution is -0.150. The molecule has 2 atom stereocenters. The molecule has 8 heteroatoms. The summed E-state index contributed by atoms with van der Waals surface area (Å²) >= 11 is 0. The number of carbonyl (C=O) groups is 3. The van der Waals surface area contributed by atoms with Gasteiger partial charge >= 0.3 is 12.1 Å². The van der Waals surface area contributed by atoms with E-state index >= 15 is 0 Å². The zero-order valence-electron chi connectivity index (χ0n) is 20.2. The van der Waals surface area contributed by atoms with Crippen LogP contribution in [0.2, 0.25) is 0 Å². The summed E-state index contributed by atoms with van der Waals surface area (Å²) in [7, 11) is 1.35. The zero-order valence-corrected chi connectivity index (χ0v) is 20.2. The molecule has 0 aliphatic heterocycles. The average molecular weight is 469 g/mol. The van der Waals surface area contributed by atoms with Gasteiger partial charge in [0, 0.05) is 13.0 Å². The van der Waals surface area contributed by atoms with E-state index in [0.717, 1.165) is 22.3 Å². The van der Waals surface area contributed by atoms with Gasteiger partial charge in [0.25, 0.3) is 0 Å². The Balaban J connectivity index is 1.72. The van der Waals surface area contributed by atoms with E-state index in [1.807, 2.05) is 48.5 Å². The van der Waals surface area contributed by atoms with E-state index in [1.54, 1.807) is 20.8 Å². The van der Waals surface area contributed by atoms with Crippen LogP contribution < -0.4 is 10.6 Å². The molecule has 1 unspecified atom stereocenters. The number of hydrogen-bond acceptors (Lipinski definition) is 5. The van der Waals surface area contributed by atoms with Crippen LogP contribution in [0.3, 0.4) is 0 Å². The molecule has 0 heterocycles. The van der Waals surface area contributed by atoms with Crippen molar-refractivity contribution in [1.82, 2.24) is 10.6 Å². The normalized spacial score (nSPS) is 15.4. The second-order valence-corrected chi connectivity index (χ2v) is 9.83. The molecule has 2 aromatic rings. The first-order valence-electron chi connectivity index (χ1n) is 11.1. The minimum Gasteiger partial charge on any atom is -0.479 e. The number of carboxylic acid groups (broad SMARTS) is 1. The second-order valence-electron chi connectivity index (χ2n) is 9.83. The fraction of sp³-hybridized carbons (Fsp3) is 0.423. The van der Waals surface area contributed by atoms with E-state index in [-0.39, 0.29) is 19.1 Å². The molecule has 1 aliphatic carbocycles. The van der Waals surface area contributed by atoms with Crippen LogP contribution in [0.4, 0.5) is 4.79 Å². The number of benzene rings is 2. The molecule has 2 aromatic carbocycles. The maximum absolute atomic E-state index is 13.0. The largest absolute Gasteiger partial charge is 0.479 e. The van der Waals surface area contributed by atoms with Gasteiger partial charge in [-0.05, 0) is 34.6 Å². The lowest BCUT2D eigenvalue weighted by Crippen LogP contribution is -2.62. The van der Waals surface area contributed by atoms with E-state index in [9.17, 15) is 19.5 Å². The van der Waals surface area contributed by atoms with Crippen LogP contribution in [-0.4, -0.2) is 55.0 Å². The van der Waals surface area contributed by atoms with Gasteiger partial charge in [0.1, 0.15) is 12.6 Å². The number of fused-ring (bicyclic) bond motifs is 3. The fourth-order valence-electron chi connectivity index (χ4n) is 4.22. The van der Waals surface area contributed by atoms with Crippen LogP contribution in [0.25, 0.3) is 11.1 Å². The summed E-state index contributed by atoms with van der Waals surface area (Å²) in [5, 5.41) is 14.7. The van der Waals surface area contributed by atoms with Crippen molar-refractivity contribution in [2.24, 2.45) is 5.41 Å². The van der Waals surface area contributed by atoms with Gasteiger partial charge in [0.05, 0.1) is 6.61 Å². The van der Waals surface area contributed by atoms with Crippen LogP contribution in [0, 0.1) is 5.41 Å². The minimum atomic E-state index is -1.64. The highest BCUT2D eigenvalue weighted by atomic mass is 16.5. The zero-order chi connectivity index (χ0) is 25.1. The Morgan fingerprint density at radius 1 is 0.971 bits per heavy atom. The summed E-state index contributed by atoms with van der Waals surface area (Å²) in [6.07, 6.45) is -0.749. The number of nitrogens with one attached hydrogen (secondary N) is 2. The molecular weight excluding hydrogens is 436 g/mol. The Morgan fingerprint density at radius 2 is 1.50 bits per heavy atom. The molecule has 3 N–H and O–H groups in total. The van der Waals surface area contributed by atoms with Crippen molar-refractivity contribution in [1.29, 1.82) is 0 Å². The summed E-state index contributed by atoms with van der Waals surface area (Å²) in [6, 6.07) is 15.0. The van der Waals surface area contributed by atoms with Crippen molar-refractivity contribution in [2.45, 2.75) is 45.2 Å². The van der Waals surface area contributed by atoms with E-state index in [1.165, 1.54) is 14.0 Å². The third-order valence-electron chi connectivity index (χ3n) is 6.04. The van der Waals surface area contributed by atoms with Crippen LogP contribution >= 0.6 is 0 Å². The van der Waals surface area contributed by atoms with Gasteiger partial charge in [-0.1, -0.05) is 69.3 Å². The number of carbonyl (C=O) groups excluding carboxylic acids is 2. The lowest BCUT2D eigenvalue weighted by Gasteiger charge is -2.33. The smallest absolute Gasteiger partial charge is 0.407 e. The molecule has 1 aliphatic rings.